The number of hydrogen-bond acceptors (Lipinski definition) is 8. The summed E-state index contributed by atoms with van der Waals surface area (Å²) < 4.78 is 0. The molecule has 0 bridgehead atoms. The van der Waals surface area contributed by atoms with Crippen molar-refractivity contribution in [2.75, 3.05) is 0 Å². The van der Waals surface area contributed by atoms with Crippen molar-refractivity contribution in [2.45, 2.75) is 75.0 Å². The van der Waals surface area contributed by atoms with Crippen LogP contribution in [0.2, 0.25) is 0 Å². The summed E-state index contributed by atoms with van der Waals surface area (Å²) in [6, 6.07) is 25.3. The van der Waals surface area contributed by atoms with Crippen LogP contribution in [-0.2, 0) is 10.8 Å². The molecule has 2 aromatic carbocycles. The monoisotopic (exact) mass is 816 g/mol. The van der Waals surface area contributed by atoms with Gasteiger partial charge in [-0.2, -0.15) is 10.5 Å². The number of nitriles is 3. The molecule has 0 aliphatic heterocycles. The number of Topliss-reactive ketones (excluding diaryl/α,β-unsaturated/α-hetero) is 2. The molecule has 0 amide bonds. The summed E-state index contributed by atoms with van der Waals surface area (Å²) in [7, 11) is 0. The van der Waals surface area contributed by atoms with E-state index >= 15 is 0 Å². The van der Waals surface area contributed by atoms with Crippen LogP contribution in [0.15, 0.2) is 83.1 Å². The first-order valence-electron chi connectivity index (χ1n) is 20.1. The van der Waals surface area contributed by atoms with E-state index in [0.29, 0.717) is 44.5 Å². The molecule has 282 valence electrons. The Morgan fingerprint density at radius 3 is 1.47 bits per heavy atom. The number of carbonyl (C=O) groups excluding carboxylic acids is 2. The molecule has 6 aliphatic rings. The summed E-state index contributed by atoms with van der Waals surface area (Å²) in [5.41, 5.74) is 9.44. The molecule has 0 saturated heterocycles. The number of fused-ring (bicyclic) bond motifs is 13. The molecule has 2 fully saturated rings. The minimum atomic E-state index is -0.158. The number of nitrogens with zero attached hydrogens (tertiary/aromatic N) is 4. The number of benzene rings is 2. The van der Waals surface area contributed by atoms with Crippen molar-refractivity contribution >= 4 is 68.9 Å². The minimum Gasteiger partial charge on any atom is -0.289 e. The third-order valence-corrected chi connectivity index (χ3v) is 17.3. The summed E-state index contributed by atoms with van der Waals surface area (Å²) in [5.74, 6) is -0.310. The average Bonchev–Trinajstić information content (AvgIpc) is 4.13. The van der Waals surface area contributed by atoms with Gasteiger partial charge >= 0.3 is 0 Å². The number of rotatable bonds is 2. The van der Waals surface area contributed by atoms with E-state index in [1.807, 2.05) is 59.9 Å². The van der Waals surface area contributed by atoms with E-state index in [9.17, 15) is 25.4 Å². The summed E-state index contributed by atoms with van der Waals surface area (Å²) in [4.78, 5) is 38.5. The Labute approximate surface area is 353 Å². The highest BCUT2D eigenvalue weighted by atomic mass is 32.1. The molecular weight excluding hydrogens is 785 g/mol. The Morgan fingerprint density at radius 1 is 0.593 bits per heavy atom. The Balaban J connectivity index is 1.09. The maximum Gasteiger partial charge on any atom is 0.270 e. The molecule has 3 heterocycles. The standard InChI is InChI=1S/C50H32N4O2S3/c1-54-38(26-53)40-31-13-5-7-15-33(31)44(56)35(40)21-29-23-37-46(58-29)48-42(50(37)18-10-3-11-19-50)41-47(59-48)45-36(49(41)16-8-2-9-17-49)22-28(57-45)20-34-39(27(24-51)25-52)30-12-4-6-14-32(30)43(34)55/h4-7,12-15,20-23H,2-3,8-11,16-19H2/b34-20-,35-21+,40-38?. The lowest BCUT2D eigenvalue weighted by atomic mass is 9.61. The quantitative estimate of drug-likeness (QED) is 0.100. The third-order valence-electron chi connectivity index (χ3n) is 13.6. The van der Waals surface area contributed by atoms with E-state index in [0.717, 1.165) is 61.1 Å². The van der Waals surface area contributed by atoms with E-state index in [1.54, 1.807) is 34.8 Å². The van der Waals surface area contributed by atoms with Crippen molar-refractivity contribution in [3.05, 3.63) is 149 Å². The Morgan fingerprint density at radius 2 is 1.03 bits per heavy atom. The summed E-state index contributed by atoms with van der Waals surface area (Å²) in [6.45, 7) is 7.77. The van der Waals surface area contributed by atoms with Crippen LogP contribution < -0.4 is 0 Å². The van der Waals surface area contributed by atoms with Crippen molar-refractivity contribution in [2.24, 2.45) is 0 Å². The molecule has 0 radical (unpaired) electrons. The molecule has 2 spiro atoms. The Kier molecular flexibility index (Phi) is 8.01. The lowest BCUT2D eigenvalue weighted by molar-refractivity contribution is 0.103. The van der Waals surface area contributed by atoms with E-state index in [1.165, 1.54) is 54.6 Å². The van der Waals surface area contributed by atoms with Gasteiger partial charge < -0.3 is 0 Å². The van der Waals surface area contributed by atoms with Gasteiger partial charge in [0, 0.05) is 73.5 Å². The van der Waals surface area contributed by atoms with Gasteiger partial charge in [0.2, 0.25) is 0 Å². The van der Waals surface area contributed by atoms with Gasteiger partial charge in [-0.25, -0.2) is 10.1 Å². The molecule has 11 rings (SSSR count). The molecule has 6 aliphatic carbocycles. The van der Waals surface area contributed by atoms with Crippen LogP contribution in [0.5, 0.6) is 0 Å². The van der Waals surface area contributed by atoms with Crippen LogP contribution in [0.25, 0.3) is 47.7 Å². The summed E-state index contributed by atoms with van der Waals surface area (Å²) in [5, 5.41) is 29.9. The number of ketones is 2. The first kappa shape index (κ1) is 35.9. The van der Waals surface area contributed by atoms with Gasteiger partial charge in [0.1, 0.15) is 17.7 Å². The first-order valence-corrected chi connectivity index (χ1v) is 22.6. The predicted octanol–water partition coefficient (Wildman–Crippen LogP) is 12.8. The van der Waals surface area contributed by atoms with Gasteiger partial charge in [0.25, 0.3) is 5.70 Å². The maximum absolute atomic E-state index is 13.9. The van der Waals surface area contributed by atoms with E-state index in [-0.39, 0.29) is 33.7 Å². The molecule has 6 nitrogen and oxygen atoms in total. The van der Waals surface area contributed by atoms with Crippen LogP contribution >= 0.6 is 34.0 Å². The zero-order chi connectivity index (χ0) is 40.2. The molecule has 0 unspecified atom stereocenters. The van der Waals surface area contributed by atoms with Crippen LogP contribution in [0.3, 0.4) is 0 Å². The van der Waals surface area contributed by atoms with Crippen LogP contribution in [0.1, 0.15) is 128 Å². The maximum atomic E-state index is 13.9. The van der Waals surface area contributed by atoms with Crippen LogP contribution in [0.4, 0.5) is 0 Å². The third kappa shape index (κ3) is 4.79. The topological polar surface area (TPSA) is 110 Å². The number of thiophene rings is 3. The second kappa shape index (κ2) is 13.2. The highest BCUT2D eigenvalue weighted by Gasteiger charge is 2.56. The Bertz CT molecular complexity index is 2860. The fourth-order valence-electron chi connectivity index (χ4n) is 11.3. The predicted molar refractivity (Wildman–Crippen MR) is 233 cm³/mol. The second-order valence-corrected chi connectivity index (χ2v) is 19.6. The highest BCUT2D eigenvalue weighted by Crippen LogP contribution is 2.70. The number of allylic oxidation sites excluding steroid dienone is 6. The number of hydrogen-bond donors (Lipinski definition) is 0. The molecule has 0 atom stereocenters. The summed E-state index contributed by atoms with van der Waals surface area (Å²) >= 11 is 5.36. The first-order chi connectivity index (χ1) is 28.9. The van der Waals surface area contributed by atoms with Gasteiger partial charge in [-0.15, -0.1) is 34.0 Å². The SMILES string of the molecule is [C-]#[N+]C(C#N)=C1/C(=C\c2cc3c(s2)-c2sc4c(c2C32CCCCC2)C2(CCCCC2)c2cc(/C=C3\C(=O)c5ccccc5C3=C(C#N)C#N)sc2-4)C(=O)c2ccccc21. The van der Waals surface area contributed by atoms with Gasteiger partial charge in [0.05, 0.1) is 12.6 Å². The molecule has 9 heteroatoms. The van der Waals surface area contributed by atoms with Crippen molar-refractivity contribution in [3.8, 4) is 37.7 Å². The van der Waals surface area contributed by atoms with E-state index in [2.05, 4.69) is 35.2 Å². The molecule has 0 N–H and O–H groups in total. The van der Waals surface area contributed by atoms with Gasteiger partial charge in [-0.05, 0) is 83.3 Å². The normalized spacial score (nSPS) is 20.7. The Hall–Kier alpha value is -6.20. The van der Waals surface area contributed by atoms with Crippen molar-refractivity contribution in [3.63, 3.8) is 0 Å². The fourth-order valence-corrected chi connectivity index (χ4v) is 15.5. The lowest BCUT2D eigenvalue weighted by Crippen LogP contribution is -2.34. The van der Waals surface area contributed by atoms with Crippen molar-refractivity contribution in [1.29, 1.82) is 15.8 Å². The fraction of sp³-hybridized carbons (Fsp3) is 0.240. The van der Waals surface area contributed by atoms with Gasteiger partial charge in [-0.1, -0.05) is 87.1 Å². The van der Waals surface area contributed by atoms with E-state index < -0.39 is 0 Å². The van der Waals surface area contributed by atoms with Crippen LogP contribution in [0, 0.1) is 40.6 Å². The second-order valence-electron chi connectivity index (χ2n) is 16.4. The molecule has 5 aromatic rings. The van der Waals surface area contributed by atoms with Crippen molar-refractivity contribution in [1.82, 2.24) is 0 Å². The highest BCUT2D eigenvalue weighted by molar-refractivity contribution is 7.27. The average molecular weight is 817 g/mol. The van der Waals surface area contributed by atoms with Crippen molar-refractivity contribution < 1.29 is 9.59 Å². The molecule has 2 saturated carbocycles. The van der Waals surface area contributed by atoms with Gasteiger partial charge in [0.15, 0.2) is 11.6 Å². The van der Waals surface area contributed by atoms with Crippen LogP contribution in [-0.4, -0.2) is 11.6 Å². The zero-order valence-electron chi connectivity index (χ0n) is 31.8. The molecular formula is C50H32N4O2S3. The lowest BCUT2D eigenvalue weighted by Gasteiger charge is -2.41. The zero-order valence-corrected chi connectivity index (χ0v) is 34.3. The number of carbonyl (C=O) groups is 2. The molecule has 3 aromatic heterocycles. The minimum absolute atomic E-state index is 0.0510. The molecule has 59 heavy (non-hydrogen) atoms. The van der Waals surface area contributed by atoms with E-state index in [4.69, 9.17) is 6.57 Å². The van der Waals surface area contributed by atoms with Gasteiger partial charge in [-0.3, -0.25) is 9.59 Å². The smallest absolute Gasteiger partial charge is 0.270 e. The largest absolute Gasteiger partial charge is 0.289 e. The summed E-state index contributed by atoms with van der Waals surface area (Å²) in [6.07, 6.45) is 15.2.